The van der Waals surface area contributed by atoms with E-state index in [-0.39, 0.29) is 12.3 Å². The Morgan fingerprint density at radius 3 is 2.79 bits per heavy atom. The molecule has 10 nitrogen and oxygen atoms in total. The molecule has 0 aliphatic heterocycles. The molecule has 0 atom stereocenters. The highest BCUT2D eigenvalue weighted by atomic mass is 16.6. The first-order valence-corrected chi connectivity index (χ1v) is 8.54. The summed E-state index contributed by atoms with van der Waals surface area (Å²) in [6.45, 7) is -0.0396. The van der Waals surface area contributed by atoms with Crippen molar-refractivity contribution in [2.75, 3.05) is 0 Å². The number of benzene rings is 1. The molecule has 0 fully saturated rings. The summed E-state index contributed by atoms with van der Waals surface area (Å²) in [7, 11) is 0. The van der Waals surface area contributed by atoms with Gasteiger partial charge in [0.05, 0.1) is 23.3 Å². The van der Waals surface area contributed by atoms with Gasteiger partial charge >= 0.3 is 5.88 Å². The Labute approximate surface area is 163 Å². The lowest BCUT2D eigenvalue weighted by Gasteiger charge is -2.07. The number of hydrogen-bond donors (Lipinski definition) is 1. The number of hydrazone groups is 1. The molecule has 0 unspecified atom stereocenters. The van der Waals surface area contributed by atoms with Gasteiger partial charge in [-0.15, -0.1) is 0 Å². The number of nitro groups is 1. The molecule has 4 aromatic rings. The van der Waals surface area contributed by atoms with Crippen molar-refractivity contribution >= 4 is 29.0 Å². The summed E-state index contributed by atoms with van der Waals surface area (Å²) in [6, 6.07) is 15.5. The van der Waals surface area contributed by atoms with E-state index in [9.17, 15) is 14.9 Å². The maximum atomic E-state index is 12.4. The van der Waals surface area contributed by atoms with E-state index in [0.717, 1.165) is 11.0 Å². The second-order valence-electron chi connectivity index (χ2n) is 5.95. The Bertz CT molecular complexity index is 1210. The van der Waals surface area contributed by atoms with Crippen molar-refractivity contribution in [3.05, 3.63) is 76.7 Å². The number of rotatable bonds is 6. The van der Waals surface area contributed by atoms with Gasteiger partial charge in [-0.3, -0.25) is 19.9 Å². The second-order valence-corrected chi connectivity index (χ2v) is 5.95. The number of amides is 1. The van der Waals surface area contributed by atoms with E-state index >= 15 is 0 Å². The van der Waals surface area contributed by atoms with Crippen molar-refractivity contribution in [1.82, 2.24) is 20.0 Å². The number of fused-ring (bicyclic) bond motifs is 1. The Morgan fingerprint density at radius 1 is 1.21 bits per heavy atom. The zero-order valence-corrected chi connectivity index (χ0v) is 14.9. The van der Waals surface area contributed by atoms with Gasteiger partial charge in [0.25, 0.3) is 5.91 Å². The number of pyridine rings is 1. The number of hydrogen-bond acceptors (Lipinski definition) is 7. The summed E-state index contributed by atoms with van der Waals surface area (Å²) in [5, 5.41) is 14.4. The summed E-state index contributed by atoms with van der Waals surface area (Å²) >= 11 is 0. The Kier molecular flexibility index (Phi) is 4.81. The SMILES string of the molecule is O=C(Cn1c(-c2ccccn2)nc2ccccc21)N/N=C/c1ccc([N+](=O)[O-])o1. The molecule has 0 spiro atoms. The van der Waals surface area contributed by atoms with Crippen LogP contribution in [0.25, 0.3) is 22.6 Å². The molecule has 0 saturated heterocycles. The smallest absolute Gasteiger partial charge is 0.400 e. The molecule has 0 radical (unpaired) electrons. The van der Waals surface area contributed by atoms with E-state index in [2.05, 4.69) is 20.5 Å². The Morgan fingerprint density at radius 2 is 2.03 bits per heavy atom. The fourth-order valence-electron chi connectivity index (χ4n) is 2.78. The van der Waals surface area contributed by atoms with Crippen LogP contribution in [0.2, 0.25) is 0 Å². The van der Waals surface area contributed by atoms with Crippen molar-refractivity contribution in [1.29, 1.82) is 0 Å². The van der Waals surface area contributed by atoms with Crippen molar-refractivity contribution in [2.24, 2.45) is 5.10 Å². The van der Waals surface area contributed by atoms with Crippen LogP contribution in [0.15, 0.2) is 70.3 Å². The van der Waals surface area contributed by atoms with E-state index in [1.54, 1.807) is 16.8 Å². The first-order valence-electron chi connectivity index (χ1n) is 8.54. The quantitative estimate of drug-likeness (QED) is 0.306. The van der Waals surface area contributed by atoms with E-state index in [0.29, 0.717) is 11.5 Å². The average molecular weight is 390 g/mol. The van der Waals surface area contributed by atoms with E-state index in [1.165, 1.54) is 18.3 Å². The molecule has 3 aromatic heterocycles. The third kappa shape index (κ3) is 3.86. The van der Waals surface area contributed by atoms with Crippen molar-refractivity contribution in [3.8, 4) is 11.5 Å². The minimum absolute atomic E-state index is 0.0396. The van der Waals surface area contributed by atoms with Crippen molar-refractivity contribution in [3.63, 3.8) is 0 Å². The van der Waals surface area contributed by atoms with Crippen LogP contribution >= 0.6 is 0 Å². The lowest BCUT2D eigenvalue weighted by molar-refractivity contribution is -0.402. The maximum absolute atomic E-state index is 12.4. The summed E-state index contributed by atoms with van der Waals surface area (Å²) in [6.07, 6.45) is 2.85. The molecule has 0 aliphatic rings. The van der Waals surface area contributed by atoms with Gasteiger partial charge in [-0.2, -0.15) is 5.10 Å². The van der Waals surface area contributed by atoms with Gasteiger partial charge in [-0.1, -0.05) is 18.2 Å². The molecule has 144 valence electrons. The van der Waals surface area contributed by atoms with Crippen LogP contribution < -0.4 is 5.43 Å². The van der Waals surface area contributed by atoms with Crippen LogP contribution in [-0.4, -0.2) is 31.6 Å². The first kappa shape index (κ1) is 18.0. The largest absolute Gasteiger partial charge is 0.433 e. The van der Waals surface area contributed by atoms with E-state index < -0.39 is 16.7 Å². The van der Waals surface area contributed by atoms with Crippen LogP contribution in [0.3, 0.4) is 0 Å². The molecular weight excluding hydrogens is 376 g/mol. The summed E-state index contributed by atoms with van der Waals surface area (Å²) in [5.74, 6) is -0.0860. The molecular formula is C19H14N6O4. The molecule has 0 aliphatic carbocycles. The fourth-order valence-corrected chi connectivity index (χ4v) is 2.78. The molecule has 0 bridgehead atoms. The number of imidazole rings is 1. The maximum Gasteiger partial charge on any atom is 0.433 e. The van der Waals surface area contributed by atoms with Gasteiger partial charge in [-0.05, 0) is 30.3 Å². The highest BCUT2D eigenvalue weighted by molar-refractivity contribution is 5.85. The topological polar surface area (TPSA) is 128 Å². The number of carbonyl (C=O) groups excluding carboxylic acids is 1. The second kappa shape index (κ2) is 7.72. The number of carbonyl (C=O) groups is 1. The molecule has 10 heteroatoms. The van der Waals surface area contributed by atoms with Gasteiger partial charge in [0.1, 0.15) is 17.2 Å². The van der Waals surface area contributed by atoms with Crippen LogP contribution in [0.1, 0.15) is 5.76 Å². The minimum Gasteiger partial charge on any atom is -0.400 e. The van der Waals surface area contributed by atoms with Gasteiger partial charge in [0.15, 0.2) is 11.6 Å². The number of nitrogens with zero attached hydrogens (tertiary/aromatic N) is 5. The highest BCUT2D eigenvalue weighted by Crippen LogP contribution is 2.23. The average Bonchev–Trinajstić information content (AvgIpc) is 3.34. The summed E-state index contributed by atoms with van der Waals surface area (Å²) < 4.78 is 6.69. The van der Waals surface area contributed by atoms with Gasteiger partial charge < -0.3 is 8.98 Å². The van der Waals surface area contributed by atoms with Crippen molar-refractivity contribution in [2.45, 2.75) is 6.54 Å². The lowest BCUT2D eigenvalue weighted by Crippen LogP contribution is -2.23. The predicted octanol–water partition coefficient (Wildman–Crippen LogP) is 2.75. The fraction of sp³-hybridized carbons (Fsp3) is 0.0526. The minimum atomic E-state index is -0.654. The van der Waals surface area contributed by atoms with Crippen LogP contribution in [0, 0.1) is 10.1 Å². The lowest BCUT2D eigenvalue weighted by atomic mass is 10.3. The normalized spacial score (nSPS) is 11.2. The number of para-hydroxylation sites is 2. The number of furan rings is 1. The number of nitrogens with one attached hydrogen (secondary N) is 1. The molecule has 3 heterocycles. The molecule has 1 N–H and O–H groups in total. The number of aromatic nitrogens is 3. The van der Waals surface area contributed by atoms with E-state index in [1.807, 2.05) is 36.4 Å². The highest BCUT2D eigenvalue weighted by Gasteiger charge is 2.16. The van der Waals surface area contributed by atoms with Crippen molar-refractivity contribution < 1.29 is 14.1 Å². The molecule has 1 aromatic carbocycles. The van der Waals surface area contributed by atoms with Crippen LogP contribution in [-0.2, 0) is 11.3 Å². The van der Waals surface area contributed by atoms with Gasteiger partial charge in [0.2, 0.25) is 0 Å². The molecule has 29 heavy (non-hydrogen) atoms. The van der Waals surface area contributed by atoms with Gasteiger partial charge in [-0.25, -0.2) is 10.4 Å². The molecule has 4 rings (SSSR count). The van der Waals surface area contributed by atoms with Crippen LogP contribution in [0.4, 0.5) is 5.88 Å². The molecule has 1 amide bonds. The summed E-state index contributed by atoms with van der Waals surface area (Å²) in [4.78, 5) is 31.3. The standard InChI is InChI=1S/C19H14N6O4/c26-17(23-21-11-13-8-9-18(29-13)25(27)28)12-24-16-7-2-1-5-14(16)22-19(24)15-6-3-4-10-20-15/h1-11H,12H2,(H,23,26)/b21-11+. The zero-order valence-electron chi connectivity index (χ0n) is 14.9. The third-order valence-corrected chi connectivity index (χ3v) is 4.02. The zero-order chi connectivity index (χ0) is 20.2. The monoisotopic (exact) mass is 390 g/mol. The Balaban J connectivity index is 1.54. The Hall–Kier alpha value is -4.34. The first-order chi connectivity index (χ1) is 14.1. The molecule has 0 saturated carbocycles. The van der Waals surface area contributed by atoms with Crippen LogP contribution in [0.5, 0.6) is 0 Å². The third-order valence-electron chi connectivity index (χ3n) is 4.02. The van der Waals surface area contributed by atoms with E-state index in [4.69, 9.17) is 4.42 Å². The van der Waals surface area contributed by atoms with Gasteiger partial charge in [0, 0.05) is 6.20 Å². The predicted molar refractivity (Wildman–Crippen MR) is 104 cm³/mol. The summed E-state index contributed by atoms with van der Waals surface area (Å²) in [5.41, 5.74) is 4.55.